The molecule has 3 rings (SSSR count). The Kier molecular flexibility index (Phi) is 4.93. The van der Waals surface area contributed by atoms with Gasteiger partial charge in [0.25, 0.3) is 0 Å². The SMILES string of the molecule is CCNC(=NCC1CC1C)NC1CCc2cn(C(C)C)nc2C1. The number of hydrogen-bond acceptors (Lipinski definition) is 2. The van der Waals surface area contributed by atoms with Crippen LogP contribution in [-0.2, 0) is 12.8 Å². The fourth-order valence-electron chi connectivity index (χ4n) is 3.28. The molecule has 1 fully saturated rings. The number of rotatable bonds is 5. The molecule has 0 spiro atoms. The van der Waals surface area contributed by atoms with Crippen LogP contribution in [-0.4, -0.2) is 34.9 Å². The monoisotopic (exact) mass is 317 g/mol. The number of aromatic nitrogens is 2. The summed E-state index contributed by atoms with van der Waals surface area (Å²) in [6.45, 7) is 10.7. The lowest BCUT2D eigenvalue weighted by Crippen LogP contribution is -2.45. The van der Waals surface area contributed by atoms with Gasteiger partial charge in [-0.25, -0.2) is 0 Å². The zero-order valence-electron chi connectivity index (χ0n) is 15.0. The number of guanidine groups is 1. The minimum absolute atomic E-state index is 0.437. The van der Waals surface area contributed by atoms with Gasteiger partial charge in [-0.15, -0.1) is 0 Å². The second-order valence-corrected chi connectivity index (χ2v) is 7.45. The van der Waals surface area contributed by atoms with E-state index in [4.69, 9.17) is 10.1 Å². The van der Waals surface area contributed by atoms with Gasteiger partial charge in [0.2, 0.25) is 0 Å². The Morgan fingerprint density at radius 2 is 2.26 bits per heavy atom. The summed E-state index contributed by atoms with van der Waals surface area (Å²) in [6.07, 6.45) is 6.82. The van der Waals surface area contributed by atoms with Crippen LogP contribution < -0.4 is 10.6 Å². The highest BCUT2D eigenvalue weighted by Crippen LogP contribution is 2.37. The van der Waals surface area contributed by atoms with Gasteiger partial charge >= 0.3 is 0 Å². The first-order chi connectivity index (χ1) is 11.1. The fraction of sp³-hybridized carbons (Fsp3) is 0.778. The minimum Gasteiger partial charge on any atom is -0.357 e. The van der Waals surface area contributed by atoms with E-state index in [1.165, 1.54) is 17.7 Å². The van der Waals surface area contributed by atoms with E-state index in [2.05, 4.69) is 49.2 Å². The second-order valence-electron chi connectivity index (χ2n) is 7.45. The minimum atomic E-state index is 0.437. The Balaban J connectivity index is 1.60. The molecule has 0 saturated heterocycles. The molecule has 1 aromatic rings. The van der Waals surface area contributed by atoms with Gasteiger partial charge in [0, 0.05) is 37.8 Å². The quantitative estimate of drug-likeness (QED) is 0.648. The van der Waals surface area contributed by atoms with E-state index < -0.39 is 0 Å². The number of aryl methyl sites for hydroxylation is 1. The van der Waals surface area contributed by atoms with Crippen LogP contribution in [0.1, 0.15) is 57.8 Å². The van der Waals surface area contributed by atoms with E-state index in [-0.39, 0.29) is 0 Å². The summed E-state index contributed by atoms with van der Waals surface area (Å²) in [5, 5.41) is 11.8. The molecular formula is C18H31N5. The third-order valence-corrected chi connectivity index (χ3v) is 5.07. The summed E-state index contributed by atoms with van der Waals surface area (Å²) < 4.78 is 2.10. The van der Waals surface area contributed by atoms with Crippen molar-refractivity contribution in [2.45, 2.75) is 65.5 Å². The summed E-state index contributed by atoms with van der Waals surface area (Å²) in [5.74, 6) is 2.63. The van der Waals surface area contributed by atoms with Gasteiger partial charge < -0.3 is 10.6 Å². The zero-order valence-corrected chi connectivity index (χ0v) is 15.0. The molecule has 5 nitrogen and oxygen atoms in total. The van der Waals surface area contributed by atoms with Crippen LogP contribution in [0.3, 0.4) is 0 Å². The molecule has 1 heterocycles. The predicted molar refractivity (Wildman–Crippen MR) is 94.8 cm³/mol. The molecule has 0 radical (unpaired) electrons. The first-order valence-electron chi connectivity index (χ1n) is 9.18. The maximum Gasteiger partial charge on any atom is 0.191 e. The largest absolute Gasteiger partial charge is 0.357 e. The van der Waals surface area contributed by atoms with E-state index in [1.807, 2.05) is 0 Å². The Labute approximate surface area is 139 Å². The lowest BCUT2D eigenvalue weighted by molar-refractivity contribution is 0.499. The Morgan fingerprint density at radius 1 is 1.48 bits per heavy atom. The molecule has 128 valence electrons. The molecule has 5 heteroatoms. The van der Waals surface area contributed by atoms with Crippen LogP contribution in [0.4, 0.5) is 0 Å². The number of hydrogen-bond donors (Lipinski definition) is 2. The zero-order chi connectivity index (χ0) is 16.4. The molecule has 3 atom stereocenters. The highest BCUT2D eigenvalue weighted by molar-refractivity contribution is 5.80. The fourth-order valence-corrected chi connectivity index (χ4v) is 3.28. The van der Waals surface area contributed by atoms with Gasteiger partial charge in [-0.2, -0.15) is 5.10 Å². The predicted octanol–water partition coefficient (Wildman–Crippen LogP) is 2.53. The van der Waals surface area contributed by atoms with Crippen molar-refractivity contribution in [1.82, 2.24) is 20.4 Å². The van der Waals surface area contributed by atoms with Gasteiger partial charge in [-0.1, -0.05) is 6.92 Å². The summed E-state index contributed by atoms with van der Waals surface area (Å²) in [7, 11) is 0. The van der Waals surface area contributed by atoms with Crippen molar-refractivity contribution >= 4 is 5.96 Å². The average Bonchev–Trinajstić information content (AvgIpc) is 3.05. The number of nitrogens with one attached hydrogen (secondary N) is 2. The molecule has 0 bridgehead atoms. The molecule has 2 N–H and O–H groups in total. The Bertz CT molecular complexity index is 560. The summed E-state index contributed by atoms with van der Waals surface area (Å²) in [5.41, 5.74) is 2.68. The van der Waals surface area contributed by atoms with Crippen LogP contribution in [0, 0.1) is 11.8 Å². The van der Waals surface area contributed by atoms with Gasteiger partial charge in [-0.05, 0) is 57.4 Å². The van der Waals surface area contributed by atoms with Crippen molar-refractivity contribution in [3.8, 4) is 0 Å². The summed E-state index contributed by atoms with van der Waals surface area (Å²) in [6, 6.07) is 0.874. The van der Waals surface area contributed by atoms with E-state index in [0.29, 0.717) is 12.1 Å². The Hall–Kier alpha value is -1.52. The molecule has 1 saturated carbocycles. The lowest BCUT2D eigenvalue weighted by Gasteiger charge is -2.24. The smallest absolute Gasteiger partial charge is 0.191 e. The van der Waals surface area contributed by atoms with Crippen molar-refractivity contribution in [3.63, 3.8) is 0 Å². The summed E-state index contributed by atoms with van der Waals surface area (Å²) in [4.78, 5) is 4.78. The van der Waals surface area contributed by atoms with Crippen LogP contribution in [0.5, 0.6) is 0 Å². The third-order valence-electron chi connectivity index (χ3n) is 5.07. The van der Waals surface area contributed by atoms with Gasteiger partial charge in [0.1, 0.15) is 0 Å². The van der Waals surface area contributed by atoms with E-state index in [1.54, 1.807) is 0 Å². The Morgan fingerprint density at radius 3 is 2.91 bits per heavy atom. The molecule has 0 amide bonds. The standard InChI is InChI=1S/C18H31N5/c1-5-19-18(20-10-15-8-13(15)4)21-16-7-6-14-11-23(12(2)3)22-17(14)9-16/h11-13,15-16H,5-10H2,1-4H3,(H2,19,20,21). The molecular weight excluding hydrogens is 286 g/mol. The van der Waals surface area contributed by atoms with Crippen LogP contribution in [0.2, 0.25) is 0 Å². The highest BCUT2D eigenvalue weighted by atomic mass is 15.3. The molecule has 0 aliphatic heterocycles. The number of nitrogens with zero attached hydrogens (tertiary/aromatic N) is 3. The topological polar surface area (TPSA) is 54.2 Å². The van der Waals surface area contributed by atoms with Crippen molar-refractivity contribution in [1.29, 1.82) is 0 Å². The number of fused-ring (bicyclic) bond motifs is 1. The first kappa shape index (κ1) is 16.3. The van der Waals surface area contributed by atoms with Crippen molar-refractivity contribution in [2.75, 3.05) is 13.1 Å². The van der Waals surface area contributed by atoms with Crippen molar-refractivity contribution < 1.29 is 0 Å². The van der Waals surface area contributed by atoms with E-state index >= 15 is 0 Å². The van der Waals surface area contributed by atoms with Crippen LogP contribution in [0.15, 0.2) is 11.2 Å². The van der Waals surface area contributed by atoms with Crippen LogP contribution in [0.25, 0.3) is 0 Å². The van der Waals surface area contributed by atoms with E-state index in [9.17, 15) is 0 Å². The highest BCUT2D eigenvalue weighted by Gasteiger charge is 2.32. The lowest BCUT2D eigenvalue weighted by atomic mass is 9.94. The molecule has 0 aromatic carbocycles. The normalized spacial score (nSPS) is 27.0. The maximum absolute atomic E-state index is 4.78. The average molecular weight is 317 g/mol. The third kappa shape index (κ3) is 4.06. The van der Waals surface area contributed by atoms with Gasteiger partial charge in [0.15, 0.2) is 5.96 Å². The van der Waals surface area contributed by atoms with Crippen molar-refractivity contribution in [3.05, 3.63) is 17.5 Å². The maximum atomic E-state index is 4.78. The molecule has 1 aromatic heterocycles. The first-order valence-corrected chi connectivity index (χ1v) is 9.18. The summed E-state index contributed by atoms with van der Waals surface area (Å²) >= 11 is 0. The van der Waals surface area contributed by atoms with Crippen molar-refractivity contribution in [2.24, 2.45) is 16.8 Å². The van der Waals surface area contributed by atoms with Gasteiger partial charge in [0.05, 0.1) is 5.69 Å². The van der Waals surface area contributed by atoms with Gasteiger partial charge in [-0.3, -0.25) is 9.67 Å². The second kappa shape index (κ2) is 6.93. The molecule has 2 aliphatic rings. The number of aliphatic imine (C=N–C) groups is 1. The van der Waals surface area contributed by atoms with Crippen LogP contribution >= 0.6 is 0 Å². The van der Waals surface area contributed by atoms with E-state index in [0.717, 1.165) is 50.1 Å². The molecule has 2 aliphatic carbocycles. The molecule has 3 unspecified atom stereocenters. The molecule has 23 heavy (non-hydrogen) atoms.